The van der Waals surface area contributed by atoms with Crippen molar-refractivity contribution in [3.63, 3.8) is 0 Å². The minimum absolute atomic E-state index is 0.0379. The van der Waals surface area contributed by atoms with Crippen molar-refractivity contribution in [2.24, 2.45) is 0 Å². The highest BCUT2D eigenvalue weighted by atomic mass is 32.2. The molecule has 1 aliphatic rings. The summed E-state index contributed by atoms with van der Waals surface area (Å²) in [5, 5.41) is 6.59. The summed E-state index contributed by atoms with van der Waals surface area (Å²) in [4.78, 5) is 43.1. The standard InChI is InChI=1S/C25H30N4O5S/c1-3-16(2)27-22(30)15-35-25-28-21-12-17(23(31)26-13-18-6-4-10-33-18)8-9-20(21)24(32)29(25)14-19-7-5-11-34-19/h5,7-9,11-12,16,18H,3-4,6,10,13-15H2,1-2H3,(H,26,31)(H,27,30)/t16-,18+/m1/s1. The van der Waals surface area contributed by atoms with Crippen molar-refractivity contribution < 1.29 is 18.7 Å². The van der Waals surface area contributed by atoms with Crippen molar-refractivity contribution in [3.05, 3.63) is 58.3 Å². The number of nitrogens with zero attached hydrogens (tertiary/aromatic N) is 2. The Morgan fingerprint density at radius 2 is 2.17 bits per heavy atom. The van der Waals surface area contributed by atoms with Gasteiger partial charge in [0.2, 0.25) is 5.91 Å². The van der Waals surface area contributed by atoms with Gasteiger partial charge in [-0.1, -0.05) is 18.7 Å². The maximum Gasteiger partial charge on any atom is 0.262 e. The smallest absolute Gasteiger partial charge is 0.262 e. The molecular formula is C25H30N4O5S. The van der Waals surface area contributed by atoms with E-state index in [1.165, 1.54) is 16.3 Å². The average molecular weight is 499 g/mol. The fourth-order valence-corrected chi connectivity index (χ4v) is 4.62. The number of hydrogen-bond acceptors (Lipinski definition) is 7. The second kappa shape index (κ2) is 11.5. The zero-order chi connectivity index (χ0) is 24.8. The van der Waals surface area contributed by atoms with Crippen LogP contribution >= 0.6 is 11.8 Å². The van der Waals surface area contributed by atoms with Crippen LogP contribution in [0.5, 0.6) is 0 Å². The molecule has 2 N–H and O–H groups in total. The van der Waals surface area contributed by atoms with Crippen LogP contribution in [-0.4, -0.2) is 52.4 Å². The number of aromatic nitrogens is 2. The van der Waals surface area contributed by atoms with Crippen molar-refractivity contribution in [3.8, 4) is 0 Å². The molecule has 4 rings (SSSR count). The summed E-state index contributed by atoms with van der Waals surface area (Å²) in [6.07, 6.45) is 4.34. The van der Waals surface area contributed by atoms with Crippen LogP contribution < -0.4 is 16.2 Å². The van der Waals surface area contributed by atoms with Crippen LogP contribution in [0, 0.1) is 0 Å². The molecule has 1 saturated heterocycles. The van der Waals surface area contributed by atoms with Gasteiger partial charge in [0.25, 0.3) is 11.5 Å². The zero-order valence-corrected chi connectivity index (χ0v) is 20.7. The number of carbonyl (C=O) groups is 2. The van der Waals surface area contributed by atoms with E-state index >= 15 is 0 Å². The molecule has 0 radical (unpaired) electrons. The number of benzene rings is 1. The van der Waals surface area contributed by atoms with Crippen LogP contribution in [0.1, 0.15) is 49.2 Å². The second-order valence-corrected chi connectivity index (χ2v) is 9.55. The third kappa shape index (κ3) is 6.32. The molecule has 10 heteroatoms. The Bertz CT molecular complexity index is 1230. The van der Waals surface area contributed by atoms with Gasteiger partial charge in [-0.2, -0.15) is 0 Å². The van der Waals surface area contributed by atoms with E-state index in [1.807, 2.05) is 13.8 Å². The summed E-state index contributed by atoms with van der Waals surface area (Å²) < 4.78 is 12.5. The van der Waals surface area contributed by atoms with Gasteiger partial charge in [-0.3, -0.25) is 19.0 Å². The number of carbonyl (C=O) groups excluding carboxylic acids is 2. The molecule has 186 valence electrons. The Morgan fingerprint density at radius 3 is 2.89 bits per heavy atom. The van der Waals surface area contributed by atoms with Crippen molar-refractivity contribution in [2.75, 3.05) is 18.9 Å². The zero-order valence-electron chi connectivity index (χ0n) is 19.9. The Morgan fingerprint density at radius 1 is 1.31 bits per heavy atom. The Labute approximate surface area is 207 Å². The van der Waals surface area contributed by atoms with E-state index in [4.69, 9.17) is 9.15 Å². The summed E-state index contributed by atoms with van der Waals surface area (Å²) in [5.41, 5.74) is 0.555. The molecule has 3 aromatic rings. The number of furan rings is 1. The molecule has 2 atom stereocenters. The molecule has 1 aromatic carbocycles. The molecule has 2 aromatic heterocycles. The van der Waals surface area contributed by atoms with E-state index in [1.54, 1.807) is 36.6 Å². The number of ether oxygens (including phenoxy) is 1. The molecule has 0 unspecified atom stereocenters. The van der Waals surface area contributed by atoms with Gasteiger partial charge in [0.05, 0.1) is 35.6 Å². The van der Waals surface area contributed by atoms with E-state index in [2.05, 4.69) is 15.6 Å². The molecule has 35 heavy (non-hydrogen) atoms. The first-order valence-corrected chi connectivity index (χ1v) is 12.8. The van der Waals surface area contributed by atoms with Crippen LogP contribution in [0.25, 0.3) is 10.9 Å². The normalized spacial score (nSPS) is 16.3. The number of hydrogen-bond donors (Lipinski definition) is 2. The van der Waals surface area contributed by atoms with Gasteiger partial charge in [-0.05, 0) is 56.5 Å². The molecule has 1 aliphatic heterocycles. The van der Waals surface area contributed by atoms with Crippen molar-refractivity contribution in [1.29, 1.82) is 0 Å². The lowest BCUT2D eigenvalue weighted by atomic mass is 10.1. The predicted molar refractivity (Wildman–Crippen MR) is 134 cm³/mol. The molecule has 1 fully saturated rings. The van der Waals surface area contributed by atoms with Crippen LogP contribution in [0.3, 0.4) is 0 Å². The SMILES string of the molecule is CC[C@@H](C)NC(=O)CSc1nc2cc(C(=O)NC[C@@H]3CCCO3)ccc2c(=O)n1Cc1ccco1. The van der Waals surface area contributed by atoms with Crippen LogP contribution in [0.4, 0.5) is 0 Å². The molecule has 0 bridgehead atoms. The lowest BCUT2D eigenvalue weighted by Crippen LogP contribution is -2.33. The van der Waals surface area contributed by atoms with Gasteiger partial charge in [0.15, 0.2) is 5.16 Å². The first kappa shape index (κ1) is 25.0. The first-order valence-electron chi connectivity index (χ1n) is 11.8. The monoisotopic (exact) mass is 498 g/mol. The molecule has 0 spiro atoms. The van der Waals surface area contributed by atoms with Gasteiger partial charge < -0.3 is 19.8 Å². The average Bonchev–Trinajstić information content (AvgIpc) is 3.57. The predicted octanol–water partition coefficient (Wildman–Crippen LogP) is 2.95. The lowest BCUT2D eigenvalue weighted by Gasteiger charge is -2.14. The molecule has 3 heterocycles. The van der Waals surface area contributed by atoms with E-state index in [9.17, 15) is 14.4 Å². The highest BCUT2D eigenvalue weighted by Gasteiger charge is 2.19. The largest absolute Gasteiger partial charge is 0.467 e. The number of amides is 2. The fourth-order valence-electron chi connectivity index (χ4n) is 3.81. The summed E-state index contributed by atoms with van der Waals surface area (Å²) in [6.45, 7) is 5.29. The molecule has 2 amide bonds. The summed E-state index contributed by atoms with van der Waals surface area (Å²) in [7, 11) is 0. The quantitative estimate of drug-likeness (QED) is 0.326. The van der Waals surface area contributed by atoms with Crippen molar-refractivity contribution in [1.82, 2.24) is 20.2 Å². The van der Waals surface area contributed by atoms with Gasteiger partial charge in [0.1, 0.15) is 5.76 Å². The fraction of sp³-hybridized carbons (Fsp3) is 0.440. The molecule has 0 saturated carbocycles. The maximum atomic E-state index is 13.4. The van der Waals surface area contributed by atoms with E-state index in [-0.39, 0.29) is 41.8 Å². The summed E-state index contributed by atoms with van der Waals surface area (Å²) in [6, 6.07) is 8.45. The van der Waals surface area contributed by atoms with Gasteiger partial charge in [-0.25, -0.2) is 4.98 Å². The van der Waals surface area contributed by atoms with Crippen molar-refractivity contribution in [2.45, 2.75) is 57.0 Å². The van der Waals surface area contributed by atoms with Crippen LogP contribution in [0.2, 0.25) is 0 Å². The van der Waals surface area contributed by atoms with Crippen LogP contribution in [0.15, 0.2) is 51.0 Å². The first-order chi connectivity index (χ1) is 16.9. The maximum absolute atomic E-state index is 13.4. The Balaban J connectivity index is 1.60. The Hall–Kier alpha value is -3.11. The topological polar surface area (TPSA) is 115 Å². The third-order valence-electron chi connectivity index (χ3n) is 5.94. The van der Waals surface area contributed by atoms with E-state index in [0.717, 1.165) is 25.9 Å². The highest BCUT2D eigenvalue weighted by molar-refractivity contribution is 7.99. The van der Waals surface area contributed by atoms with Crippen LogP contribution in [-0.2, 0) is 16.1 Å². The number of fused-ring (bicyclic) bond motifs is 1. The summed E-state index contributed by atoms with van der Waals surface area (Å²) >= 11 is 1.18. The highest BCUT2D eigenvalue weighted by Crippen LogP contribution is 2.20. The van der Waals surface area contributed by atoms with Gasteiger partial charge in [0, 0.05) is 24.8 Å². The minimum atomic E-state index is -0.262. The van der Waals surface area contributed by atoms with E-state index in [0.29, 0.717) is 33.9 Å². The molecule has 9 nitrogen and oxygen atoms in total. The van der Waals surface area contributed by atoms with Gasteiger partial charge in [-0.15, -0.1) is 0 Å². The lowest BCUT2D eigenvalue weighted by molar-refractivity contribution is -0.119. The van der Waals surface area contributed by atoms with E-state index < -0.39 is 0 Å². The summed E-state index contributed by atoms with van der Waals surface area (Å²) in [5.74, 6) is 0.336. The minimum Gasteiger partial charge on any atom is -0.467 e. The number of thioether (sulfide) groups is 1. The molecular weight excluding hydrogens is 468 g/mol. The number of rotatable bonds is 10. The molecule has 0 aliphatic carbocycles. The number of nitrogens with one attached hydrogen (secondary N) is 2. The van der Waals surface area contributed by atoms with Crippen molar-refractivity contribution >= 4 is 34.5 Å². The third-order valence-corrected chi connectivity index (χ3v) is 6.92. The van der Waals surface area contributed by atoms with Gasteiger partial charge >= 0.3 is 0 Å². The Kier molecular flexibility index (Phi) is 8.25. The second-order valence-electron chi connectivity index (χ2n) is 8.61.